The molecule has 98 valence electrons. The molecule has 1 aromatic heterocycles. The van der Waals surface area contributed by atoms with Crippen molar-refractivity contribution in [3.8, 4) is 0 Å². The van der Waals surface area contributed by atoms with Gasteiger partial charge in [0.2, 0.25) is 0 Å². The zero-order chi connectivity index (χ0) is 13.2. The average Bonchev–Trinajstić information content (AvgIpc) is 2.86. The van der Waals surface area contributed by atoms with Crippen LogP contribution in [0.5, 0.6) is 0 Å². The van der Waals surface area contributed by atoms with Crippen molar-refractivity contribution in [3.05, 3.63) is 35.2 Å². The molecule has 0 amide bonds. The fraction of sp³-hybridized carbons (Fsp3) is 0.467. The van der Waals surface area contributed by atoms with Gasteiger partial charge in [-0.25, -0.2) is 0 Å². The molecule has 0 spiro atoms. The fourth-order valence-electron chi connectivity index (χ4n) is 2.33. The van der Waals surface area contributed by atoms with Gasteiger partial charge >= 0.3 is 0 Å². The summed E-state index contributed by atoms with van der Waals surface area (Å²) in [5.41, 5.74) is 7.37. The predicted octanol–water partition coefficient (Wildman–Crippen LogP) is 4.11. The van der Waals surface area contributed by atoms with Crippen LogP contribution < -0.4 is 5.73 Å². The van der Waals surface area contributed by atoms with Crippen molar-refractivity contribution in [1.29, 1.82) is 0 Å². The summed E-state index contributed by atoms with van der Waals surface area (Å²) in [6.07, 6.45) is 0.907. The predicted molar refractivity (Wildman–Crippen MR) is 79.1 cm³/mol. The van der Waals surface area contributed by atoms with Crippen LogP contribution in [0.15, 0.2) is 29.6 Å². The van der Waals surface area contributed by atoms with Gasteiger partial charge in [0.15, 0.2) is 0 Å². The number of nitrogens with two attached hydrogens (primary N) is 1. The summed E-state index contributed by atoms with van der Waals surface area (Å²) in [5, 5.41) is 3.38. The quantitative estimate of drug-likeness (QED) is 0.881. The van der Waals surface area contributed by atoms with Crippen LogP contribution in [0.25, 0.3) is 10.1 Å². The second-order valence-corrected chi connectivity index (χ2v) is 5.68. The van der Waals surface area contributed by atoms with E-state index in [4.69, 9.17) is 10.5 Å². The normalized spacial score (nSPS) is 16.7. The Bertz CT molecular complexity index is 522. The van der Waals surface area contributed by atoms with Gasteiger partial charge in [0.25, 0.3) is 0 Å². The van der Waals surface area contributed by atoms with Gasteiger partial charge in [-0.2, -0.15) is 0 Å². The lowest BCUT2D eigenvalue weighted by Gasteiger charge is -2.34. The monoisotopic (exact) mass is 263 g/mol. The molecule has 1 aromatic carbocycles. The average molecular weight is 263 g/mol. The van der Waals surface area contributed by atoms with Gasteiger partial charge in [0.1, 0.15) is 0 Å². The minimum absolute atomic E-state index is 0.0928. The lowest BCUT2D eigenvalue weighted by atomic mass is 9.88. The van der Waals surface area contributed by atoms with Gasteiger partial charge in [-0.3, -0.25) is 0 Å². The first-order chi connectivity index (χ1) is 8.62. The van der Waals surface area contributed by atoms with E-state index < -0.39 is 0 Å². The summed E-state index contributed by atoms with van der Waals surface area (Å²) in [6, 6.07) is 8.37. The molecule has 0 bridgehead atoms. The summed E-state index contributed by atoms with van der Waals surface area (Å²) in [7, 11) is 0. The summed E-state index contributed by atoms with van der Waals surface area (Å²) in [5.74, 6) is 0. The molecule has 18 heavy (non-hydrogen) atoms. The van der Waals surface area contributed by atoms with Gasteiger partial charge in [0, 0.05) is 11.3 Å². The number of hydrogen-bond acceptors (Lipinski definition) is 3. The van der Waals surface area contributed by atoms with Crippen LogP contribution in [0.3, 0.4) is 0 Å². The van der Waals surface area contributed by atoms with E-state index in [0.717, 1.165) is 6.42 Å². The highest BCUT2D eigenvalue weighted by atomic mass is 32.1. The minimum Gasteiger partial charge on any atom is -0.374 e. The third kappa shape index (κ3) is 2.30. The molecule has 2 atom stereocenters. The smallest absolute Gasteiger partial charge is 0.0843 e. The number of thiophene rings is 1. The molecule has 2 unspecified atom stereocenters. The van der Waals surface area contributed by atoms with Crippen LogP contribution in [0.1, 0.15) is 38.8 Å². The Morgan fingerprint density at radius 3 is 2.78 bits per heavy atom. The molecule has 2 N–H and O–H groups in total. The standard InChI is InChI=1S/C15H21NOS/c1-4-15(3,17-5-2)14(16)12-8-6-7-11-9-10-18-13(11)12/h6-10,14H,4-5,16H2,1-3H3. The number of benzene rings is 1. The first kappa shape index (κ1) is 13.5. The van der Waals surface area contributed by atoms with E-state index in [1.807, 2.05) is 6.92 Å². The fourth-order valence-corrected chi connectivity index (χ4v) is 3.29. The largest absolute Gasteiger partial charge is 0.374 e. The van der Waals surface area contributed by atoms with Gasteiger partial charge in [0.05, 0.1) is 11.6 Å². The second kappa shape index (κ2) is 5.39. The van der Waals surface area contributed by atoms with Crippen LogP contribution >= 0.6 is 11.3 Å². The van der Waals surface area contributed by atoms with Crippen LogP contribution in [-0.2, 0) is 4.74 Å². The maximum Gasteiger partial charge on any atom is 0.0843 e. The zero-order valence-electron chi connectivity index (χ0n) is 11.3. The number of hydrogen-bond donors (Lipinski definition) is 1. The number of fused-ring (bicyclic) bond motifs is 1. The first-order valence-corrected chi connectivity index (χ1v) is 7.36. The number of rotatable bonds is 5. The molecule has 2 aromatic rings. The van der Waals surface area contributed by atoms with Crippen molar-refractivity contribution >= 4 is 21.4 Å². The molecule has 0 aliphatic carbocycles. The Balaban J connectivity index is 2.43. The molecular formula is C15H21NOS. The molecular weight excluding hydrogens is 242 g/mol. The molecule has 0 saturated carbocycles. The topological polar surface area (TPSA) is 35.2 Å². The van der Waals surface area contributed by atoms with E-state index in [1.54, 1.807) is 11.3 Å². The molecule has 2 nitrogen and oxygen atoms in total. The lowest BCUT2D eigenvalue weighted by Crippen LogP contribution is -2.40. The summed E-state index contributed by atoms with van der Waals surface area (Å²) in [6.45, 7) is 6.95. The molecule has 0 fully saturated rings. The lowest BCUT2D eigenvalue weighted by molar-refractivity contribution is -0.0469. The highest BCUT2D eigenvalue weighted by Gasteiger charge is 2.32. The molecule has 0 aliphatic rings. The van der Waals surface area contributed by atoms with Crippen LogP contribution in [0, 0.1) is 0 Å². The van der Waals surface area contributed by atoms with Crippen LogP contribution in [-0.4, -0.2) is 12.2 Å². The van der Waals surface area contributed by atoms with Crippen molar-refractivity contribution in [1.82, 2.24) is 0 Å². The van der Waals surface area contributed by atoms with E-state index in [9.17, 15) is 0 Å². The van der Waals surface area contributed by atoms with E-state index in [2.05, 4.69) is 43.5 Å². The van der Waals surface area contributed by atoms with E-state index in [0.29, 0.717) is 6.61 Å². The van der Waals surface area contributed by atoms with Crippen molar-refractivity contribution < 1.29 is 4.74 Å². The minimum atomic E-state index is -0.299. The SMILES string of the molecule is CCOC(C)(CC)C(N)c1cccc2ccsc12. The van der Waals surface area contributed by atoms with Crippen LogP contribution in [0.4, 0.5) is 0 Å². The highest BCUT2D eigenvalue weighted by Crippen LogP contribution is 2.36. The van der Waals surface area contributed by atoms with Gasteiger partial charge in [-0.05, 0) is 42.7 Å². The van der Waals surface area contributed by atoms with Crippen LogP contribution in [0.2, 0.25) is 0 Å². The van der Waals surface area contributed by atoms with Gasteiger partial charge < -0.3 is 10.5 Å². The Labute approximate surface area is 113 Å². The molecule has 0 radical (unpaired) electrons. The van der Waals surface area contributed by atoms with Gasteiger partial charge in [-0.15, -0.1) is 11.3 Å². The third-order valence-corrected chi connectivity index (χ3v) is 4.66. The third-order valence-electron chi connectivity index (χ3n) is 3.68. The summed E-state index contributed by atoms with van der Waals surface area (Å²) >= 11 is 1.75. The van der Waals surface area contributed by atoms with Crippen molar-refractivity contribution in [2.24, 2.45) is 5.73 Å². The Morgan fingerprint density at radius 1 is 1.33 bits per heavy atom. The Morgan fingerprint density at radius 2 is 2.11 bits per heavy atom. The second-order valence-electron chi connectivity index (χ2n) is 4.76. The van der Waals surface area contributed by atoms with E-state index in [-0.39, 0.29) is 11.6 Å². The van der Waals surface area contributed by atoms with Crippen molar-refractivity contribution in [3.63, 3.8) is 0 Å². The summed E-state index contributed by atoms with van der Waals surface area (Å²) in [4.78, 5) is 0. The highest BCUT2D eigenvalue weighted by molar-refractivity contribution is 7.17. The van der Waals surface area contributed by atoms with Crippen molar-refractivity contribution in [2.75, 3.05) is 6.61 Å². The first-order valence-electron chi connectivity index (χ1n) is 6.48. The molecule has 3 heteroatoms. The molecule has 0 aliphatic heterocycles. The summed E-state index contributed by atoms with van der Waals surface area (Å²) < 4.78 is 7.18. The number of ether oxygens (including phenoxy) is 1. The molecule has 2 rings (SSSR count). The van der Waals surface area contributed by atoms with E-state index >= 15 is 0 Å². The van der Waals surface area contributed by atoms with E-state index in [1.165, 1.54) is 15.6 Å². The zero-order valence-corrected chi connectivity index (χ0v) is 12.1. The van der Waals surface area contributed by atoms with Gasteiger partial charge in [-0.1, -0.05) is 25.1 Å². The maximum atomic E-state index is 6.48. The Hall–Kier alpha value is -0.900. The molecule has 0 saturated heterocycles. The maximum absolute atomic E-state index is 6.48. The Kier molecular flexibility index (Phi) is 4.05. The molecule has 1 heterocycles. The van der Waals surface area contributed by atoms with Crippen molar-refractivity contribution in [2.45, 2.75) is 38.8 Å².